The van der Waals surface area contributed by atoms with Gasteiger partial charge in [-0.25, -0.2) is 4.79 Å². The monoisotopic (exact) mass is 373 g/mol. The molecule has 0 unspecified atom stereocenters. The van der Waals surface area contributed by atoms with E-state index in [2.05, 4.69) is 17.2 Å². The van der Waals surface area contributed by atoms with Gasteiger partial charge in [0.1, 0.15) is 5.75 Å². The van der Waals surface area contributed by atoms with Gasteiger partial charge in [0.05, 0.1) is 13.7 Å². The SMILES string of the molecule is C=CCNC(=O)NC(=O)CN(Cc1cccs1)Cc1ccccc1OC. The van der Waals surface area contributed by atoms with Crippen LogP contribution in [0.2, 0.25) is 0 Å². The van der Waals surface area contributed by atoms with Gasteiger partial charge in [0.25, 0.3) is 0 Å². The van der Waals surface area contributed by atoms with Gasteiger partial charge in [0, 0.05) is 30.1 Å². The lowest BCUT2D eigenvalue weighted by atomic mass is 10.2. The molecule has 3 amide bonds. The number of ether oxygens (including phenoxy) is 1. The number of carbonyl (C=O) groups excluding carboxylic acids is 2. The zero-order valence-electron chi connectivity index (χ0n) is 14.7. The average Bonchev–Trinajstić information content (AvgIpc) is 3.13. The normalized spacial score (nSPS) is 10.4. The van der Waals surface area contributed by atoms with Crippen LogP contribution in [0.15, 0.2) is 54.4 Å². The molecule has 6 nitrogen and oxygen atoms in total. The Kier molecular flexibility index (Phi) is 7.85. The third-order valence-electron chi connectivity index (χ3n) is 3.57. The molecule has 0 aliphatic heterocycles. The van der Waals surface area contributed by atoms with Gasteiger partial charge in [-0.15, -0.1) is 17.9 Å². The number of rotatable bonds is 9. The number of urea groups is 1. The highest BCUT2D eigenvalue weighted by molar-refractivity contribution is 7.09. The molecule has 0 saturated heterocycles. The van der Waals surface area contributed by atoms with Crippen molar-refractivity contribution in [3.63, 3.8) is 0 Å². The Hall–Kier alpha value is -2.64. The highest BCUT2D eigenvalue weighted by Gasteiger charge is 2.16. The van der Waals surface area contributed by atoms with Gasteiger partial charge >= 0.3 is 6.03 Å². The van der Waals surface area contributed by atoms with Crippen molar-refractivity contribution in [1.82, 2.24) is 15.5 Å². The fraction of sp³-hybridized carbons (Fsp3) is 0.263. The predicted molar refractivity (Wildman–Crippen MR) is 103 cm³/mol. The van der Waals surface area contributed by atoms with Gasteiger partial charge in [-0.05, 0) is 17.5 Å². The molecule has 0 bridgehead atoms. The molecule has 0 aliphatic carbocycles. The summed E-state index contributed by atoms with van der Waals surface area (Å²) in [5.74, 6) is 0.408. The summed E-state index contributed by atoms with van der Waals surface area (Å²) in [5.41, 5.74) is 0.982. The summed E-state index contributed by atoms with van der Waals surface area (Å²) < 4.78 is 5.40. The van der Waals surface area contributed by atoms with Crippen LogP contribution in [0.25, 0.3) is 0 Å². The number of nitrogens with one attached hydrogen (secondary N) is 2. The van der Waals surface area contributed by atoms with Gasteiger partial charge < -0.3 is 10.1 Å². The maximum Gasteiger partial charge on any atom is 0.321 e. The molecule has 2 rings (SSSR count). The van der Waals surface area contributed by atoms with Crippen molar-refractivity contribution in [1.29, 1.82) is 0 Å². The molecule has 0 spiro atoms. The Balaban J connectivity index is 2.04. The van der Waals surface area contributed by atoms with Gasteiger partial charge in [-0.3, -0.25) is 15.0 Å². The summed E-state index contributed by atoms with van der Waals surface area (Å²) in [6.45, 7) is 5.06. The maximum absolute atomic E-state index is 12.2. The van der Waals surface area contributed by atoms with E-state index in [0.717, 1.165) is 16.2 Å². The van der Waals surface area contributed by atoms with E-state index in [1.807, 2.05) is 46.7 Å². The smallest absolute Gasteiger partial charge is 0.321 e. The largest absolute Gasteiger partial charge is 0.496 e. The first-order valence-electron chi connectivity index (χ1n) is 8.17. The van der Waals surface area contributed by atoms with E-state index in [0.29, 0.717) is 19.6 Å². The van der Waals surface area contributed by atoms with E-state index in [9.17, 15) is 9.59 Å². The van der Waals surface area contributed by atoms with E-state index in [-0.39, 0.29) is 12.5 Å². The molecule has 138 valence electrons. The molecule has 2 N–H and O–H groups in total. The van der Waals surface area contributed by atoms with Crippen LogP contribution in [0.3, 0.4) is 0 Å². The third-order valence-corrected chi connectivity index (χ3v) is 4.43. The molecule has 0 aliphatic rings. The van der Waals surface area contributed by atoms with Crippen molar-refractivity contribution in [2.45, 2.75) is 13.1 Å². The zero-order chi connectivity index (χ0) is 18.8. The number of amides is 3. The van der Waals surface area contributed by atoms with Gasteiger partial charge in [-0.2, -0.15) is 0 Å². The minimum Gasteiger partial charge on any atom is -0.496 e. The number of carbonyl (C=O) groups is 2. The number of methoxy groups -OCH3 is 1. The molecule has 0 atom stereocenters. The number of benzene rings is 1. The fourth-order valence-electron chi connectivity index (χ4n) is 2.44. The lowest BCUT2D eigenvalue weighted by molar-refractivity contribution is -0.121. The molecule has 2 aromatic rings. The second kappa shape index (κ2) is 10.4. The minimum atomic E-state index is -0.525. The number of para-hydroxylation sites is 1. The van der Waals surface area contributed by atoms with Gasteiger partial charge in [0.2, 0.25) is 5.91 Å². The number of hydrogen-bond donors (Lipinski definition) is 2. The Morgan fingerprint density at radius 1 is 1.23 bits per heavy atom. The highest BCUT2D eigenvalue weighted by atomic mass is 32.1. The lowest BCUT2D eigenvalue weighted by Crippen LogP contribution is -2.44. The summed E-state index contributed by atoms with van der Waals surface area (Å²) >= 11 is 1.63. The van der Waals surface area contributed by atoms with Crippen molar-refractivity contribution in [2.24, 2.45) is 0 Å². The topological polar surface area (TPSA) is 70.7 Å². The number of nitrogens with zero attached hydrogens (tertiary/aromatic N) is 1. The predicted octanol–water partition coefficient (Wildman–Crippen LogP) is 2.77. The first-order valence-corrected chi connectivity index (χ1v) is 9.05. The molecule has 0 fully saturated rings. The van der Waals surface area contributed by atoms with E-state index >= 15 is 0 Å². The number of thiophene rings is 1. The van der Waals surface area contributed by atoms with Crippen LogP contribution in [0.1, 0.15) is 10.4 Å². The quantitative estimate of drug-likeness (QED) is 0.663. The standard InChI is InChI=1S/C19H23N3O3S/c1-3-10-20-19(24)21-18(23)14-22(13-16-8-6-11-26-16)12-15-7-4-5-9-17(15)25-2/h3-9,11H,1,10,12-14H2,2H3,(H2,20,21,23,24). The first-order chi connectivity index (χ1) is 12.6. The molecule has 1 heterocycles. The zero-order valence-corrected chi connectivity index (χ0v) is 15.6. The van der Waals surface area contributed by atoms with Gasteiger partial charge in [-0.1, -0.05) is 30.3 Å². The second-order valence-electron chi connectivity index (χ2n) is 5.58. The van der Waals surface area contributed by atoms with Crippen molar-refractivity contribution in [2.75, 3.05) is 20.2 Å². The molecule has 1 aromatic carbocycles. The summed E-state index contributed by atoms with van der Waals surface area (Å²) in [6.07, 6.45) is 1.55. The second-order valence-corrected chi connectivity index (χ2v) is 6.62. The first kappa shape index (κ1) is 19.7. The van der Waals surface area contributed by atoms with Crippen LogP contribution < -0.4 is 15.4 Å². The van der Waals surface area contributed by atoms with Crippen molar-refractivity contribution in [3.8, 4) is 5.75 Å². The number of imide groups is 1. The van der Waals surface area contributed by atoms with Crippen LogP contribution in [0.5, 0.6) is 5.75 Å². The van der Waals surface area contributed by atoms with Crippen LogP contribution in [0.4, 0.5) is 4.79 Å². The Morgan fingerprint density at radius 2 is 2.04 bits per heavy atom. The number of hydrogen-bond acceptors (Lipinski definition) is 5. The van der Waals surface area contributed by atoms with Crippen LogP contribution in [-0.2, 0) is 17.9 Å². The van der Waals surface area contributed by atoms with E-state index in [1.54, 1.807) is 24.5 Å². The Labute approximate surface area is 157 Å². The van der Waals surface area contributed by atoms with E-state index in [1.165, 1.54) is 0 Å². The Morgan fingerprint density at radius 3 is 2.73 bits per heavy atom. The summed E-state index contributed by atoms with van der Waals surface area (Å²) in [5, 5.41) is 6.86. The van der Waals surface area contributed by atoms with Crippen molar-refractivity contribution < 1.29 is 14.3 Å². The molecule has 0 saturated carbocycles. The van der Waals surface area contributed by atoms with E-state index in [4.69, 9.17) is 4.74 Å². The van der Waals surface area contributed by atoms with Crippen LogP contribution >= 0.6 is 11.3 Å². The molecule has 1 aromatic heterocycles. The van der Waals surface area contributed by atoms with Gasteiger partial charge in [0.15, 0.2) is 0 Å². The summed E-state index contributed by atoms with van der Waals surface area (Å²) in [4.78, 5) is 27.0. The molecule has 26 heavy (non-hydrogen) atoms. The molecular formula is C19H23N3O3S. The van der Waals surface area contributed by atoms with Crippen LogP contribution in [-0.4, -0.2) is 37.0 Å². The average molecular weight is 373 g/mol. The fourth-order valence-corrected chi connectivity index (χ4v) is 3.19. The third kappa shape index (κ3) is 6.34. The Bertz CT molecular complexity index is 731. The van der Waals surface area contributed by atoms with Crippen LogP contribution in [0, 0.1) is 0 Å². The molecule has 0 radical (unpaired) electrons. The highest BCUT2D eigenvalue weighted by Crippen LogP contribution is 2.21. The van der Waals surface area contributed by atoms with Crippen molar-refractivity contribution >= 4 is 23.3 Å². The molecule has 7 heteroatoms. The summed E-state index contributed by atoms with van der Waals surface area (Å²) in [7, 11) is 1.62. The lowest BCUT2D eigenvalue weighted by Gasteiger charge is -2.22. The minimum absolute atomic E-state index is 0.0947. The van der Waals surface area contributed by atoms with E-state index < -0.39 is 6.03 Å². The maximum atomic E-state index is 12.2. The molecular weight excluding hydrogens is 350 g/mol. The summed E-state index contributed by atoms with van der Waals surface area (Å²) in [6, 6.07) is 11.2. The van der Waals surface area contributed by atoms with Crippen molar-refractivity contribution in [3.05, 3.63) is 64.9 Å².